The van der Waals surface area contributed by atoms with E-state index in [2.05, 4.69) is 9.97 Å². The molecule has 0 saturated heterocycles. The number of nitrogens with zero attached hydrogens (tertiary/aromatic N) is 3. The van der Waals surface area contributed by atoms with Gasteiger partial charge in [-0.15, -0.1) is 0 Å². The van der Waals surface area contributed by atoms with Crippen LogP contribution in [0.2, 0.25) is 0 Å². The fourth-order valence-corrected chi connectivity index (χ4v) is 2.49. The molecule has 26 heavy (non-hydrogen) atoms. The second-order valence-electron chi connectivity index (χ2n) is 5.53. The predicted molar refractivity (Wildman–Crippen MR) is 84.6 cm³/mol. The van der Waals surface area contributed by atoms with Gasteiger partial charge in [0.15, 0.2) is 5.78 Å². The Morgan fingerprint density at radius 1 is 1.23 bits per heavy atom. The number of ketones is 1. The maximum atomic E-state index is 13.3. The molecule has 0 aliphatic carbocycles. The Balaban J connectivity index is 1.94. The van der Waals surface area contributed by atoms with Crippen LogP contribution in [0.4, 0.5) is 17.6 Å². The SMILES string of the molecule is COc1cc(-c2cnc3cc(F)ccn23)cnc1C(=O)CCC(F)(F)F. The van der Waals surface area contributed by atoms with E-state index in [0.29, 0.717) is 16.9 Å². The molecule has 9 heteroatoms. The smallest absolute Gasteiger partial charge is 0.389 e. The van der Waals surface area contributed by atoms with E-state index in [1.807, 2.05) is 0 Å². The minimum atomic E-state index is -4.42. The largest absolute Gasteiger partial charge is 0.494 e. The Morgan fingerprint density at radius 2 is 2.00 bits per heavy atom. The van der Waals surface area contributed by atoms with Crippen LogP contribution in [-0.4, -0.2) is 33.4 Å². The van der Waals surface area contributed by atoms with Gasteiger partial charge in [-0.05, 0) is 12.1 Å². The molecule has 0 aromatic carbocycles. The lowest BCUT2D eigenvalue weighted by Gasteiger charge is -2.10. The second-order valence-corrected chi connectivity index (χ2v) is 5.53. The molecule has 3 rings (SSSR count). The van der Waals surface area contributed by atoms with Crippen molar-refractivity contribution in [2.45, 2.75) is 19.0 Å². The number of rotatable bonds is 5. The van der Waals surface area contributed by atoms with E-state index in [4.69, 9.17) is 4.74 Å². The lowest BCUT2D eigenvalue weighted by Crippen LogP contribution is -2.12. The zero-order valence-corrected chi connectivity index (χ0v) is 13.5. The van der Waals surface area contributed by atoms with E-state index < -0.39 is 30.6 Å². The van der Waals surface area contributed by atoms with E-state index in [1.165, 1.54) is 43.9 Å². The number of halogens is 4. The normalized spacial score (nSPS) is 11.7. The van der Waals surface area contributed by atoms with Crippen LogP contribution in [0.5, 0.6) is 5.75 Å². The molecule has 3 aromatic rings. The number of fused-ring (bicyclic) bond motifs is 1. The van der Waals surface area contributed by atoms with E-state index >= 15 is 0 Å². The summed E-state index contributed by atoms with van der Waals surface area (Å²) in [5, 5.41) is 0. The number of pyridine rings is 2. The lowest BCUT2D eigenvalue weighted by molar-refractivity contribution is -0.133. The molecule has 136 valence electrons. The quantitative estimate of drug-likeness (QED) is 0.504. The molecule has 3 heterocycles. The summed E-state index contributed by atoms with van der Waals surface area (Å²) in [6, 6.07) is 4.00. The standard InChI is InChI=1S/C17H13F4N3O2/c1-26-14-6-10(8-23-16(14)13(25)2-4-17(19,20)21)12-9-22-15-7-11(18)3-5-24(12)15/h3,5-9H,2,4H2,1H3. The number of alkyl halides is 3. The van der Waals surface area contributed by atoms with Gasteiger partial charge in [-0.1, -0.05) is 0 Å². The number of aromatic nitrogens is 3. The molecule has 0 atom stereocenters. The van der Waals surface area contributed by atoms with Crippen molar-refractivity contribution in [2.24, 2.45) is 0 Å². The summed E-state index contributed by atoms with van der Waals surface area (Å²) in [7, 11) is 1.30. The maximum absolute atomic E-state index is 13.3. The van der Waals surface area contributed by atoms with Crippen molar-refractivity contribution in [2.75, 3.05) is 7.11 Å². The summed E-state index contributed by atoms with van der Waals surface area (Å²) in [5.41, 5.74) is 1.30. The van der Waals surface area contributed by atoms with Crippen LogP contribution in [0.15, 0.2) is 36.8 Å². The Labute approximate surface area is 145 Å². The van der Waals surface area contributed by atoms with Gasteiger partial charge in [0, 0.05) is 30.4 Å². The van der Waals surface area contributed by atoms with Gasteiger partial charge in [0.1, 0.15) is 22.9 Å². The number of carbonyl (C=O) groups is 1. The van der Waals surface area contributed by atoms with Crippen LogP contribution in [0.25, 0.3) is 16.9 Å². The lowest BCUT2D eigenvalue weighted by atomic mass is 10.1. The van der Waals surface area contributed by atoms with Gasteiger partial charge in [0.2, 0.25) is 0 Å². The first-order valence-corrected chi connectivity index (χ1v) is 7.55. The number of Topliss-reactive ketones (excluding diaryl/α,β-unsaturated/α-hetero) is 1. The minimum Gasteiger partial charge on any atom is -0.494 e. The van der Waals surface area contributed by atoms with Crippen LogP contribution in [0.3, 0.4) is 0 Å². The fraction of sp³-hybridized carbons (Fsp3) is 0.235. The van der Waals surface area contributed by atoms with Gasteiger partial charge in [-0.25, -0.2) is 14.4 Å². The number of hydrogen-bond donors (Lipinski definition) is 0. The van der Waals surface area contributed by atoms with Crippen molar-refractivity contribution in [3.63, 3.8) is 0 Å². The van der Waals surface area contributed by atoms with Crippen LogP contribution >= 0.6 is 0 Å². The van der Waals surface area contributed by atoms with E-state index in [1.54, 1.807) is 4.40 Å². The van der Waals surface area contributed by atoms with E-state index in [-0.39, 0.29) is 11.4 Å². The van der Waals surface area contributed by atoms with Gasteiger partial charge >= 0.3 is 6.18 Å². The average molecular weight is 367 g/mol. The van der Waals surface area contributed by atoms with E-state index in [0.717, 1.165) is 0 Å². The molecule has 0 radical (unpaired) electrons. The third-order valence-electron chi connectivity index (χ3n) is 3.74. The van der Waals surface area contributed by atoms with Gasteiger partial charge in [-0.2, -0.15) is 13.2 Å². The first-order chi connectivity index (χ1) is 12.3. The summed E-state index contributed by atoms with van der Waals surface area (Å²) in [4.78, 5) is 20.1. The van der Waals surface area contributed by atoms with Crippen LogP contribution < -0.4 is 4.74 Å². The van der Waals surface area contributed by atoms with Crippen molar-refractivity contribution < 1.29 is 27.1 Å². The zero-order valence-electron chi connectivity index (χ0n) is 13.5. The van der Waals surface area contributed by atoms with Crippen LogP contribution in [0, 0.1) is 5.82 Å². The Kier molecular flexibility index (Phi) is 4.62. The molecule has 0 aliphatic rings. The average Bonchev–Trinajstić information content (AvgIpc) is 3.01. The second kappa shape index (κ2) is 6.74. The number of imidazole rings is 1. The topological polar surface area (TPSA) is 56.5 Å². The third-order valence-corrected chi connectivity index (χ3v) is 3.74. The maximum Gasteiger partial charge on any atom is 0.389 e. The summed E-state index contributed by atoms with van der Waals surface area (Å²) >= 11 is 0. The zero-order chi connectivity index (χ0) is 18.9. The highest BCUT2D eigenvalue weighted by molar-refractivity contribution is 5.97. The number of carbonyl (C=O) groups excluding carboxylic acids is 1. The van der Waals surface area contributed by atoms with Gasteiger partial charge < -0.3 is 4.74 Å². The number of hydrogen-bond acceptors (Lipinski definition) is 4. The molecule has 0 spiro atoms. The highest BCUT2D eigenvalue weighted by atomic mass is 19.4. The summed E-state index contributed by atoms with van der Waals surface area (Å²) in [6.45, 7) is 0. The van der Waals surface area contributed by atoms with Crippen molar-refractivity contribution >= 4 is 11.4 Å². The molecular formula is C17H13F4N3O2. The summed E-state index contributed by atoms with van der Waals surface area (Å²) < 4.78 is 56.9. The molecule has 0 aliphatic heterocycles. The van der Waals surface area contributed by atoms with Crippen molar-refractivity contribution in [3.8, 4) is 17.0 Å². The minimum absolute atomic E-state index is 0.0618. The molecule has 0 bridgehead atoms. The first-order valence-electron chi connectivity index (χ1n) is 7.55. The van der Waals surface area contributed by atoms with Crippen molar-refractivity contribution in [1.82, 2.24) is 14.4 Å². The molecular weight excluding hydrogens is 354 g/mol. The fourth-order valence-electron chi connectivity index (χ4n) is 2.49. The van der Waals surface area contributed by atoms with Crippen LogP contribution in [0.1, 0.15) is 23.3 Å². The van der Waals surface area contributed by atoms with E-state index in [9.17, 15) is 22.4 Å². The molecule has 0 N–H and O–H groups in total. The number of ether oxygens (including phenoxy) is 1. The highest BCUT2D eigenvalue weighted by Gasteiger charge is 2.29. The van der Waals surface area contributed by atoms with Crippen molar-refractivity contribution in [3.05, 3.63) is 48.3 Å². The number of methoxy groups -OCH3 is 1. The Morgan fingerprint density at radius 3 is 2.69 bits per heavy atom. The predicted octanol–water partition coefficient (Wildman–Crippen LogP) is 4.07. The summed E-state index contributed by atoms with van der Waals surface area (Å²) in [6.07, 6.45) is -2.03. The molecule has 0 saturated carbocycles. The van der Waals surface area contributed by atoms with Gasteiger partial charge in [0.25, 0.3) is 0 Å². The van der Waals surface area contributed by atoms with Crippen LogP contribution in [-0.2, 0) is 0 Å². The van der Waals surface area contributed by atoms with Gasteiger partial charge in [0.05, 0.1) is 25.4 Å². The molecule has 5 nitrogen and oxygen atoms in total. The molecule has 0 amide bonds. The first kappa shape index (κ1) is 17.8. The molecule has 0 fully saturated rings. The Bertz CT molecular complexity index is 966. The van der Waals surface area contributed by atoms with Gasteiger partial charge in [-0.3, -0.25) is 9.20 Å². The Hall–Kier alpha value is -2.97. The monoisotopic (exact) mass is 367 g/mol. The van der Waals surface area contributed by atoms with Crippen molar-refractivity contribution in [1.29, 1.82) is 0 Å². The summed E-state index contributed by atoms with van der Waals surface area (Å²) in [5.74, 6) is -1.13. The highest BCUT2D eigenvalue weighted by Crippen LogP contribution is 2.29. The molecule has 0 unspecified atom stereocenters. The third kappa shape index (κ3) is 3.66. The molecule has 3 aromatic heterocycles.